The molecule has 0 fully saturated rings. The number of anilines is 1. The fourth-order valence-corrected chi connectivity index (χ4v) is 2.43. The molecular formula is C20H18F2N2O6. The van der Waals surface area contributed by atoms with Crippen molar-refractivity contribution >= 4 is 17.6 Å². The number of amides is 1. The molecule has 158 valence electrons. The lowest BCUT2D eigenvalue weighted by Crippen LogP contribution is -2.31. The monoisotopic (exact) mass is 420 g/mol. The van der Waals surface area contributed by atoms with E-state index in [1.165, 1.54) is 26.2 Å². The topological polar surface area (TPSA) is 107 Å². The van der Waals surface area contributed by atoms with Gasteiger partial charge in [0, 0.05) is 12.1 Å². The van der Waals surface area contributed by atoms with Crippen LogP contribution in [-0.4, -0.2) is 38.8 Å². The van der Waals surface area contributed by atoms with Gasteiger partial charge in [0.2, 0.25) is 0 Å². The smallest absolute Gasteiger partial charge is 0.387 e. The predicted molar refractivity (Wildman–Crippen MR) is 101 cm³/mol. The number of esters is 1. The van der Waals surface area contributed by atoms with Crippen molar-refractivity contribution in [3.8, 4) is 23.3 Å². The Morgan fingerprint density at radius 1 is 1.07 bits per heavy atom. The summed E-state index contributed by atoms with van der Waals surface area (Å²) in [6.45, 7) is -1.74. The Labute approximate surface area is 170 Å². The van der Waals surface area contributed by atoms with Crippen molar-refractivity contribution in [1.29, 1.82) is 5.26 Å². The lowest BCUT2D eigenvalue weighted by molar-refractivity contribution is -0.122. The maximum Gasteiger partial charge on any atom is 0.387 e. The number of benzene rings is 2. The van der Waals surface area contributed by atoms with Crippen molar-refractivity contribution in [3.05, 3.63) is 47.5 Å². The van der Waals surface area contributed by atoms with Gasteiger partial charge in [-0.1, -0.05) is 12.1 Å². The Hall–Kier alpha value is -3.87. The molecule has 1 N–H and O–H groups in total. The number of nitrogens with one attached hydrogen (secondary N) is 1. The summed E-state index contributed by atoms with van der Waals surface area (Å²) in [5.74, 6) is -1.90. The molecule has 0 heterocycles. The van der Waals surface area contributed by atoms with Crippen molar-refractivity contribution < 1.29 is 37.3 Å². The molecule has 0 aromatic heterocycles. The van der Waals surface area contributed by atoms with E-state index in [4.69, 9.17) is 14.7 Å². The quantitative estimate of drug-likeness (QED) is 0.653. The van der Waals surface area contributed by atoms with Crippen LogP contribution in [0, 0.1) is 11.3 Å². The molecule has 0 saturated heterocycles. The predicted octanol–water partition coefficient (Wildman–Crippen LogP) is 3.36. The molecule has 0 aliphatic carbocycles. The number of alkyl halides is 2. The number of halogens is 2. The van der Waals surface area contributed by atoms with Crippen LogP contribution in [-0.2, 0) is 9.53 Å². The second-order valence-corrected chi connectivity index (χ2v) is 5.78. The van der Waals surface area contributed by atoms with E-state index in [-0.39, 0.29) is 34.1 Å². The number of carbonyl (C=O) groups is 2. The minimum Gasteiger partial charge on any atom is -0.493 e. The van der Waals surface area contributed by atoms with Crippen molar-refractivity contribution in [2.75, 3.05) is 19.5 Å². The molecular weight excluding hydrogens is 402 g/mol. The number of nitrogens with zero attached hydrogens (tertiary/aromatic N) is 1. The summed E-state index contributed by atoms with van der Waals surface area (Å²) in [4.78, 5) is 24.7. The second kappa shape index (κ2) is 10.1. The van der Waals surface area contributed by atoms with E-state index >= 15 is 0 Å². The van der Waals surface area contributed by atoms with Gasteiger partial charge in [-0.2, -0.15) is 14.0 Å². The van der Waals surface area contributed by atoms with Gasteiger partial charge in [0.25, 0.3) is 5.91 Å². The Morgan fingerprint density at radius 3 is 2.37 bits per heavy atom. The third-order valence-electron chi connectivity index (χ3n) is 3.86. The summed E-state index contributed by atoms with van der Waals surface area (Å²) in [5.41, 5.74) is -0.0641. The maximum atomic E-state index is 12.7. The Kier molecular flexibility index (Phi) is 7.52. The highest BCUT2D eigenvalue weighted by Crippen LogP contribution is 2.35. The molecule has 30 heavy (non-hydrogen) atoms. The summed E-state index contributed by atoms with van der Waals surface area (Å²) in [7, 11) is 2.32. The first-order valence-electron chi connectivity index (χ1n) is 8.52. The zero-order chi connectivity index (χ0) is 22.3. The van der Waals surface area contributed by atoms with E-state index in [2.05, 4.69) is 14.8 Å². The van der Waals surface area contributed by atoms with Crippen LogP contribution < -0.4 is 19.5 Å². The first kappa shape index (κ1) is 22.4. The molecule has 0 saturated carbocycles. The van der Waals surface area contributed by atoms with E-state index in [0.29, 0.717) is 0 Å². The van der Waals surface area contributed by atoms with Gasteiger partial charge < -0.3 is 24.3 Å². The lowest BCUT2D eigenvalue weighted by atomic mass is 10.1. The summed E-state index contributed by atoms with van der Waals surface area (Å²) < 4.78 is 44.9. The molecule has 2 rings (SSSR count). The minimum atomic E-state index is -3.16. The van der Waals surface area contributed by atoms with Crippen molar-refractivity contribution in [2.45, 2.75) is 19.6 Å². The minimum absolute atomic E-state index is 0.144. The van der Waals surface area contributed by atoms with Crippen molar-refractivity contribution in [2.24, 2.45) is 0 Å². The third-order valence-corrected chi connectivity index (χ3v) is 3.86. The van der Waals surface area contributed by atoms with Crippen LogP contribution in [0.3, 0.4) is 0 Å². The van der Waals surface area contributed by atoms with Crippen LogP contribution in [0.4, 0.5) is 14.5 Å². The highest BCUT2D eigenvalue weighted by molar-refractivity contribution is 6.03. The molecule has 2 aromatic rings. The standard InChI is InChI=1S/C20H18F2N2O6/c1-11(29-15-7-5-4-6-12(15)10-23)18(25)24-14-9-17(30-20(21)22)16(27-2)8-13(14)19(26)28-3/h4-9,11,20H,1-3H3,(H,24,25). The molecule has 0 spiro atoms. The normalized spacial score (nSPS) is 11.2. The van der Waals surface area contributed by atoms with E-state index < -0.39 is 24.6 Å². The van der Waals surface area contributed by atoms with Gasteiger partial charge in [-0.05, 0) is 19.1 Å². The number of rotatable bonds is 8. The summed E-state index contributed by atoms with van der Waals surface area (Å²) in [6, 6.07) is 10.4. The fourth-order valence-electron chi connectivity index (χ4n) is 2.43. The van der Waals surface area contributed by atoms with Crippen LogP contribution in [0.25, 0.3) is 0 Å². The SMILES string of the molecule is COC(=O)c1cc(OC)c(OC(F)F)cc1NC(=O)C(C)Oc1ccccc1C#N. The van der Waals surface area contributed by atoms with Crippen LogP contribution >= 0.6 is 0 Å². The first-order valence-corrected chi connectivity index (χ1v) is 8.52. The zero-order valence-electron chi connectivity index (χ0n) is 16.3. The largest absolute Gasteiger partial charge is 0.493 e. The number of hydrogen-bond acceptors (Lipinski definition) is 7. The molecule has 2 aromatic carbocycles. The van der Waals surface area contributed by atoms with Gasteiger partial charge in [0.15, 0.2) is 17.6 Å². The summed E-state index contributed by atoms with van der Waals surface area (Å²) in [6.07, 6.45) is -1.09. The zero-order valence-corrected chi connectivity index (χ0v) is 16.3. The molecule has 1 atom stereocenters. The molecule has 0 aliphatic heterocycles. The molecule has 0 aliphatic rings. The van der Waals surface area contributed by atoms with Gasteiger partial charge in [0.1, 0.15) is 11.8 Å². The Morgan fingerprint density at radius 2 is 1.77 bits per heavy atom. The van der Waals surface area contributed by atoms with Gasteiger partial charge in [-0.25, -0.2) is 4.79 Å². The second-order valence-electron chi connectivity index (χ2n) is 5.78. The molecule has 1 amide bonds. The van der Waals surface area contributed by atoms with E-state index in [1.54, 1.807) is 12.1 Å². The molecule has 0 bridgehead atoms. The average Bonchev–Trinajstić information content (AvgIpc) is 2.73. The molecule has 0 radical (unpaired) electrons. The van der Waals surface area contributed by atoms with Crippen molar-refractivity contribution in [1.82, 2.24) is 0 Å². The number of para-hydroxylation sites is 1. The van der Waals surface area contributed by atoms with E-state index in [1.807, 2.05) is 6.07 Å². The fraction of sp³-hybridized carbons (Fsp3) is 0.250. The Bertz CT molecular complexity index is 974. The lowest BCUT2D eigenvalue weighted by Gasteiger charge is -2.18. The van der Waals surface area contributed by atoms with Gasteiger partial charge in [0.05, 0.1) is 31.0 Å². The number of methoxy groups -OCH3 is 2. The third kappa shape index (κ3) is 5.35. The van der Waals surface area contributed by atoms with Crippen LogP contribution in [0.1, 0.15) is 22.8 Å². The number of hydrogen-bond donors (Lipinski definition) is 1. The van der Waals surface area contributed by atoms with Gasteiger partial charge in [-0.15, -0.1) is 0 Å². The van der Waals surface area contributed by atoms with E-state index in [0.717, 1.165) is 19.2 Å². The molecule has 10 heteroatoms. The van der Waals surface area contributed by atoms with Gasteiger partial charge in [-0.3, -0.25) is 4.79 Å². The summed E-state index contributed by atoms with van der Waals surface area (Å²) in [5, 5.41) is 11.5. The highest BCUT2D eigenvalue weighted by atomic mass is 19.3. The van der Waals surface area contributed by atoms with Crippen molar-refractivity contribution in [3.63, 3.8) is 0 Å². The number of nitriles is 1. The van der Waals surface area contributed by atoms with Crippen LogP contribution in [0.2, 0.25) is 0 Å². The molecule has 8 nitrogen and oxygen atoms in total. The molecule has 1 unspecified atom stereocenters. The maximum absolute atomic E-state index is 12.7. The number of ether oxygens (including phenoxy) is 4. The average molecular weight is 420 g/mol. The summed E-state index contributed by atoms with van der Waals surface area (Å²) >= 11 is 0. The van der Waals surface area contributed by atoms with Crippen LogP contribution in [0.15, 0.2) is 36.4 Å². The van der Waals surface area contributed by atoms with E-state index in [9.17, 15) is 18.4 Å². The van der Waals surface area contributed by atoms with Gasteiger partial charge >= 0.3 is 12.6 Å². The number of carbonyl (C=O) groups excluding carboxylic acids is 2. The highest BCUT2D eigenvalue weighted by Gasteiger charge is 2.23. The first-order chi connectivity index (χ1) is 14.3. The Balaban J connectivity index is 2.33. The van der Waals surface area contributed by atoms with Crippen LogP contribution in [0.5, 0.6) is 17.2 Å².